The van der Waals surface area contributed by atoms with Gasteiger partial charge in [0.25, 0.3) is 5.91 Å². The van der Waals surface area contributed by atoms with Crippen molar-refractivity contribution in [3.05, 3.63) is 22.7 Å². The number of nitrogen functional groups attached to an aromatic ring is 1. The first-order chi connectivity index (χ1) is 20.6. The summed E-state index contributed by atoms with van der Waals surface area (Å²) in [6, 6.07) is 3.31. The highest BCUT2D eigenvalue weighted by Crippen LogP contribution is 2.29. The number of aliphatic carboxylic acids is 1. The first-order valence-corrected chi connectivity index (χ1v) is 17.0. The van der Waals surface area contributed by atoms with Gasteiger partial charge in [0.15, 0.2) is 0 Å². The quantitative estimate of drug-likeness (QED) is 0.211. The molecular weight excluding hydrogens is 627 g/mol. The first-order valence-electron chi connectivity index (χ1n) is 14.8. The number of alkyl halides is 3. The van der Waals surface area contributed by atoms with E-state index in [4.69, 9.17) is 32.0 Å². The van der Waals surface area contributed by atoms with Gasteiger partial charge in [-0.15, -0.1) is 0 Å². The van der Waals surface area contributed by atoms with Crippen molar-refractivity contribution in [2.45, 2.75) is 63.6 Å². The molecule has 11 nitrogen and oxygen atoms in total. The summed E-state index contributed by atoms with van der Waals surface area (Å²) in [6.45, 7) is 7.11. The Balaban J connectivity index is 0.000000860. The third kappa shape index (κ3) is 13.3. The van der Waals surface area contributed by atoms with Crippen LogP contribution in [0.4, 0.5) is 18.9 Å². The number of nitrogens with zero attached hydrogens (tertiary/aromatic N) is 3. The van der Waals surface area contributed by atoms with Gasteiger partial charge in [0, 0.05) is 51.4 Å². The number of anilines is 1. The second kappa shape index (κ2) is 18.0. The number of piperidine rings is 1. The van der Waals surface area contributed by atoms with Gasteiger partial charge in [-0.05, 0) is 44.8 Å². The maximum absolute atomic E-state index is 12.8. The number of nitrogens with one attached hydrogen (secondary N) is 1. The van der Waals surface area contributed by atoms with E-state index in [0.29, 0.717) is 35.1 Å². The summed E-state index contributed by atoms with van der Waals surface area (Å²) in [5.41, 5.74) is 6.63. The van der Waals surface area contributed by atoms with Crippen LogP contribution in [-0.4, -0.2) is 117 Å². The summed E-state index contributed by atoms with van der Waals surface area (Å²) in [6.07, 6.45) is 5.51. The van der Waals surface area contributed by atoms with Crippen LogP contribution in [0.3, 0.4) is 0 Å². The van der Waals surface area contributed by atoms with Crippen LogP contribution in [0.2, 0.25) is 5.02 Å². The summed E-state index contributed by atoms with van der Waals surface area (Å²) >= 11 is 6.11. The summed E-state index contributed by atoms with van der Waals surface area (Å²) in [4.78, 5) is 26.5. The minimum atomic E-state index is -5.08. The second-order valence-corrected chi connectivity index (χ2v) is 13.5. The van der Waals surface area contributed by atoms with Gasteiger partial charge in [-0.3, -0.25) is 4.79 Å². The van der Waals surface area contributed by atoms with Crippen molar-refractivity contribution in [1.82, 2.24) is 19.4 Å². The molecule has 1 amide bonds. The highest BCUT2D eigenvalue weighted by Gasteiger charge is 2.38. The zero-order chi connectivity index (χ0) is 32.9. The molecule has 0 spiro atoms. The number of carbonyl (C=O) groups excluding carboxylic acids is 1. The van der Waals surface area contributed by atoms with E-state index in [0.717, 1.165) is 52.1 Å². The second-order valence-electron chi connectivity index (χ2n) is 11.1. The summed E-state index contributed by atoms with van der Waals surface area (Å²) in [7, 11) is -1.53. The number of carboxylic acid groups (broad SMARTS) is 1. The predicted octanol–water partition coefficient (Wildman–Crippen LogP) is 3.68. The molecule has 0 unspecified atom stereocenters. The van der Waals surface area contributed by atoms with Crippen LogP contribution in [-0.2, 0) is 14.8 Å². The zero-order valence-electron chi connectivity index (χ0n) is 25.4. The van der Waals surface area contributed by atoms with Crippen molar-refractivity contribution < 1.29 is 41.0 Å². The minimum absolute atomic E-state index is 0.152. The molecule has 0 radical (unpaired) electrons. The summed E-state index contributed by atoms with van der Waals surface area (Å²) < 4.78 is 61.8. The average molecular weight is 672 g/mol. The number of sulfonamides is 1. The Morgan fingerprint density at radius 3 is 1.91 bits per heavy atom. The number of benzene rings is 1. The number of likely N-dealkylation sites (tertiary alicyclic amines) is 1. The third-order valence-electron chi connectivity index (χ3n) is 7.73. The Labute approximate surface area is 262 Å². The number of amides is 1. The molecule has 1 aromatic carbocycles. The Bertz CT molecular complexity index is 1180. The number of ether oxygens (including phenoxy) is 1. The number of methoxy groups -OCH3 is 1. The van der Waals surface area contributed by atoms with Gasteiger partial charge in [-0.2, -0.15) is 17.5 Å². The molecule has 2 saturated heterocycles. The fourth-order valence-electron chi connectivity index (χ4n) is 5.14. The molecule has 16 heteroatoms. The average Bonchev–Trinajstić information content (AvgIpc) is 2.96. The largest absolute Gasteiger partial charge is 0.496 e. The van der Waals surface area contributed by atoms with Gasteiger partial charge in [-0.1, -0.05) is 37.3 Å². The topological polar surface area (TPSA) is 146 Å². The van der Waals surface area contributed by atoms with Crippen LogP contribution < -0.4 is 15.8 Å². The number of carbonyl (C=O) groups is 2. The van der Waals surface area contributed by atoms with E-state index < -0.39 is 22.2 Å². The Kier molecular flexibility index (Phi) is 15.5. The van der Waals surface area contributed by atoms with Gasteiger partial charge in [0.05, 0.1) is 29.6 Å². The summed E-state index contributed by atoms with van der Waals surface area (Å²) in [5, 5.41) is 10.6. The van der Waals surface area contributed by atoms with E-state index >= 15 is 0 Å². The minimum Gasteiger partial charge on any atom is -0.496 e. The molecule has 4 N–H and O–H groups in total. The fraction of sp³-hybridized carbons (Fsp3) is 0.714. The smallest absolute Gasteiger partial charge is 0.490 e. The Hall–Kier alpha value is -2.33. The first kappa shape index (κ1) is 37.9. The molecular formula is C28H45ClF3N5O6S. The van der Waals surface area contributed by atoms with Crippen molar-refractivity contribution in [2.24, 2.45) is 0 Å². The SMILES string of the molecule is COc1cc(N)c(Cl)cc1C(=O)NC1CCN(CCCCCCCCN2CCN(S(C)(=O)=O)CC2)CC1.O=C(O)C(F)(F)F. The molecule has 0 aromatic heterocycles. The van der Waals surface area contributed by atoms with E-state index in [1.165, 1.54) is 51.9 Å². The molecule has 1 aromatic rings. The van der Waals surface area contributed by atoms with Crippen molar-refractivity contribution in [1.29, 1.82) is 0 Å². The number of piperazine rings is 1. The lowest BCUT2D eigenvalue weighted by Gasteiger charge is -2.33. The van der Waals surface area contributed by atoms with Crippen molar-refractivity contribution in [3.8, 4) is 5.75 Å². The zero-order valence-corrected chi connectivity index (χ0v) is 26.9. The van der Waals surface area contributed by atoms with Crippen molar-refractivity contribution in [3.63, 3.8) is 0 Å². The van der Waals surface area contributed by atoms with Crippen LogP contribution in [0.15, 0.2) is 12.1 Å². The number of unbranched alkanes of at least 4 members (excludes halogenated alkanes) is 5. The molecule has 252 valence electrons. The lowest BCUT2D eigenvalue weighted by Crippen LogP contribution is -2.48. The number of nitrogens with two attached hydrogens (primary N) is 1. The van der Waals surface area contributed by atoms with Crippen molar-refractivity contribution >= 4 is 39.2 Å². The van der Waals surface area contributed by atoms with E-state index in [1.807, 2.05) is 0 Å². The molecule has 0 bridgehead atoms. The van der Waals surface area contributed by atoms with Crippen LogP contribution in [0.25, 0.3) is 0 Å². The van der Waals surface area contributed by atoms with Crippen LogP contribution in [0, 0.1) is 0 Å². The van der Waals surface area contributed by atoms with Gasteiger partial charge in [0.2, 0.25) is 10.0 Å². The number of hydrogen-bond acceptors (Lipinski definition) is 8. The van der Waals surface area contributed by atoms with Gasteiger partial charge in [0.1, 0.15) is 5.75 Å². The van der Waals surface area contributed by atoms with Crippen LogP contribution in [0.5, 0.6) is 5.75 Å². The third-order valence-corrected chi connectivity index (χ3v) is 9.36. The molecule has 2 aliphatic rings. The van der Waals surface area contributed by atoms with Crippen molar-refractivity contribution in [2.75, 3.05) is 71.5 Å². The number of carboxylic acids is 1. The van der Waals surface area contributed by atoms with Gasteiger partial charge >= 0.3 is 12.1 Å². The molecule has 3 rings (SSSR count). The molecule has 0 atom stereocenters. The number of hydrogen-bond donors (Lipinski definition) is 3. The fourth-order valence-corrected chi connectivity index (χ4v) is 6.13. The molecule has 0 aliphatic carbocycles. The summed E-state index contributed by atoms with van der Waals surface area (Å²) in [5.74, 6) is -2.50. The highest BCUT2D eigenvalue weighted by molar-refractivity contribution is 7.88. The maximum atomic E-state index is 12.8. The molecule has 0 saturated carbocycles. The molecule has 2 aliphatic heterocycles. The predicted molar refractivity (Wildman–Crippen MR) is 164 cm³/mol. The molecule has 44 heavy (non-hydrogen) atoms. The van der Waals surface area contributed by atoms with Gasteiger partial charge < -0.3 is 30.7 Å². The van der Waals surface area contributed by atoms with E-state index in [-0.39, 0.29) is 11.9 Å². The lowest BCUT2D eigenvalue weighted by atomic mass is 10.0. The van der Waals surface area contributed by atoms with E-state index in [2.05, 4.69) is 15.1 Å². The number of halogens is 4. The normalized spacial score (nSPS) is 17.5. The van der Waals surface area contributed by atoms with Crippen LogP contribution >= 0.6 is 11.6 Å². The maximum Gasteiger partial charge on any atom is 0.490 e. The lowest BCUT2D eigenvalue weighted by molar-refractivity contribution is -0.192. The van der Waals surface area contributed by atoms with Gasteiger partial charge in [-0.25, -0.2) is 13.2 Å². The standard InChI is InChI=1S/C26H44ClN5O4S.C2HF3O2/c1-36-25-20-24(28)23(27)19-22(25)26(33)29-21-9-13-30(14-10-21)11-7-5-3-4-6-8-12-31-15-17-32(18-16-31)37(2,34)35;3-2(4,5)1(6)7/h19-21H,3-18,28H2,1-2H3,(H,29,33);(H,6,7). The highest BCUT2D eigenvalue weighted by atomic mass is 35.5. The van der Waals surface area contributed by atoms with E-state index in [1.54, 1.807) is 16.4 Å². The number of rotatable bonds is 13. The Morgan fingerprint density at radius 2 is 1.45 bits per heavy atom. The Morgan fingerprint density at radius 1 is 0.977 bits per heavy atom. The monoisotopic (exact) mass is 671 g/mol. The van der Waals surface area contributed by atoms with E-state index in [9.17, 15) is 26.4 Å². The molecule has 2 fully saturated rings. The van der Waals surface area contributed by atoms with Crippen LogP contribution in [0.1, 0.15) is 61.7 Å². The molecule has 2 heterocycles.